The lowest BCUT2D eigenvalue weighted by atomic mass is 9.98. The Balaban J connectivity index is 2.17. The number of amides is 1. The molecule has 0 saturated heterocycles. The van der Waals surface area contributed by atoms with E-state index in [9.17, 15) is 14.9 Å². The van der Waals surface area contributed by atoms with Crippen molar-refractivity contribution in [2.45, 2.75) is 25.8 Å². The number of likely N-dealkylation sites (N-methyl/N-ethyl adjacent to an activating group) is 1. The smallest absolute Gasteiger partial charge is 0.269 e. The van der Waals surface area contributed by atoms with Gasteiger partial charge in [0.25, 0.3) is 5.69 Å². The zero-order valence-corrected chi connectivity index (χ0v) is 14.8. The van der Waals surface area contributed by atoms with Crippen LogP contribution >= 0.6 is 0 Å². The number of benzene rings is 2. The molecule has 25 heavy (non-hydrogen) atoms. The number of rotatable bonds is 6. The van der Waals surface area contributed by atoms with Gasteiger partial charge in [0.1, 0.15) is 5.75 Å². The lowest BCUT2D eigenvalue weighted by molar-refractivity contribution is -0.384. The van der Waals surface area contributed by atoms with Crippen LogP contribution in [0.3, 0.4) is 0 Å². The summed E-state index contributed by atoms with van der Waals surface area (Å²) in [7, 11) is 3.31. The van der Waals surface area contributed by atoms with Gasteiger partial charge in [-0.2, -0.15) is 0 Å². The molecule has 132 valence electrons. The van der Waals surface area contributed by atoms with Gasteiger partial charge in [-0.3, -0.25) is 14.9 Å². The van der Waals surface area contributed by atoms with Gasteiger partial charge >= 0.3 is 0 Å². The molecule has 6 nitrogen and oxygen atoms in total. The van der Waals surface area contributed by atoms with Crippen molar-refractivity contribution in [3.63, 3.8) is 0 Å². The normalized spacial score (nSPS) is 13.0. The Bertz CT molecular complexity index is 758. The molecular formula is C19H22N2O4. The van der Waals surface area contributed by atoms with Gasteiger partial charge < -0.3 is 9.64 Å². The van der Waals surface area contributed by atoms with E-state index in [1.807, 2.05) is 38.1 Å². The van der Waals surface area contributed by atoms with E-state index in [4.69, 9.17) is 4.74 Å². The third-order valence-electron chi connectivity index (χ3n) is 4.48. The second-order valence-corrected chi connectivity index (χ2v) is 5.97. The second kappa shape index (κ2) is 7.79. The van der Waals surface area contributed by atoms with Crippen molar-refractivity contribution >= 4 is 11.6 Å². The zero-order valence-electron chi connectivity index (χ0n) is 14.8. The van der Waals surface area contributed by atoms with E-state index < -0.39 is 4.92 Å². The van der Waals surface area contributed by atoms with Gasteiger partial charge in [0.15, 0.2) is 0 Å². The van der Waals surface area contributed by atoms with E-state index in [0.29, 0.717) is 0 Å². The predicted molar refractivity (Wildman–Crippen MR) is 95.7 cm³/mol. The minimum Gasteiger partial charge on any atom is -0.497 e. The maximum atomic E-state index is 12.8. The third-order valence-corrected chi connectivity index (χ3v) is 4.48. The van der Waals surface area contributed by atoms with E-state index in [2.05, 4.69) is 0 Å². The Kier molecular flexibility index (Phi) is 5.75. The van der Waals surface area contributed by atoms with Crippen LogP contribution in [0.4, 0.5) is 5.69 Å². The highest BCUT2D eigenvalue weighted by atomic mass is 16.6. The zero-order chi connectivity index (χ0) is 18.6. The number of carbonyl (C=O) groups is 1. The van der Waals surface area contributed by atoms with Gasteiger partial charge in [0, 0.05) is 19.2 Å². The Hall–Kier alpha value is -2.89. The monoisotopic (exact) mass is 342 g/mol. The number of carbonyl (C=O) groups excluding carboxylic acids is 1. The van der Waals surface area contributed by atoms with Gasteiger partial charge in [-0.1, -0.05) is 24.3 Å². The summed E-state index contributed by atoms with van der Waals surface area (Å²) >= 11 is 0. The molecule has 1 amide bonds. The number of nitrogens with zero attached hydrogens (tertiary/aromatic N) is 2. The topological polar surface area (TPSA) is 72.7 Å². The Morgan fingerprint density at radius 1 is 1.12 bits per heavy atom. The van der Waals surface area contributed by atoms with Crippen molar-refractivity contribution in [3.05, 3.63) is 69.8 Å². The first-order valence-electron chi connectivity index (χ1n) is 8.00. The molecule has 2 atom stereocenters. The van der Waals surface area contributed by atoms with E-state index >= 15 is 0 Å². The number of non-ortho nitro benzene ring substituents is 1. The van der Waals surface area contributed by atoms with Gasteiger partial charge in [0.05, 0.1) is 24.0 Å². The van der Waals surface area contributed by atoms with Gasteiger partial charge in [-0.25, -0.2) is 0 Å². The first kappa shape index (κ1) is 18.4. The maximum absolute atomic E-state index is 12.8. The van der Waals surface area contributed by atoms with Crippen molar-refractivity contribution in [3.8, 4) is 5.75 Å². The Labute approximate surface area is 147 Å². The largest absolute Gasteiger partial charge is 0.497 e. The summed E-state index contributed by atoms with van der Waals surface area (Å²) in [6.07, 6.45) is 0. The minimum absolute atomic E-state index is 0.0217. The maximum Gasteiger partial charge on any atom is 0.269 e. The number of methoxy groups -OCH3 is 1. The molecule has 0 aliphatic heterocycles. The van der Waals surface area contributed by atoms with Crippen LogP contribution in [0.25, 0.3) is 0 Å². The molecule has 0 unspecified atom stereocenters. The van der Waals surface area contributed by atoms with Crippen LogP contribution in [-0.2, 0) is 4.79 Å². The molecule has 2 aromatic rings. The molecule has 0 heterocycles. The average molecular weight is 342 g/mol. The summed E-state index contributed by atoms with van der Waals surface area (Å²) in [6.45, 7) is 3.71. The lowest BCUT2D eigenvalue weighted by Gasteiger charge is -2.28. The molecule has 2 aromatic carbocycles. The Morgan fingerprint density at radius 3 is 2.32 bits per heavy atom. The molecule has 0 saturated carbocycles. The molecular weight excluding hydrogens is 320 g/mol. The number of ether oxygens (including phenoxy) is 1. The number of hydrogen-bond acceptors (Lipinski definition) is 4. The molecule has 0 spiro atoms. The molecule has 2 rings (SSSR count). The molecule has 0 aromatic heterocycles. The molecule has 0 bridgehead atoms. The minimum atomic E-state index is -0.433. The fourth-order valence-electron chi connectivity index (χ4n) is 2.65. The Morgan fingerprint density at radius 2 is 1.76 bits per heavy atom. The van der Waals surface area contributed by atoms with Crippen molar-refractivity contribution < 1.29 is 14.5 Å². The third kappa shape index (κ3) is 4.15. The van der Waals surface area contributed by atoms with E-state index in [0.717, 1.165) is 16.9 Å². The number of nitro benzene ring substituents is 1. The molecule has 0 radical (unpaired) electrons. The van der Waals surface area contributed by atoms with Crippen LogP contribution in [0.1, 0.15) is 36.9 Å². The predicted octanol–water partition coefficient (Wildman–Crippen LogP) is 3.93. The van der Waals surface area contributed by atoms with Gasteiger partial charge in [0.2, 0.25) is 5.91 Å². The van der Waals surface area contributed by atoms with Crippen molar-refractivity contribution in [2.24, 2.45) is 0 Å². The first-order valence-corrected chi connectivity index (χ1v) is 8.00. The van der Waals surface area contributed by atoms with Crippen molar-refractivity contribution in [1.29, 1.82) is 0 Å². The average Bonchev–Trinajstić information content (AvgIpc) is 2.65. The van der Waals surface area contributed by atoms with Crippen LogP contribution < -0.4 is 4.74 Å². The summed E-state index contributed by atoms with van der Waals surface area (Å²) in [5.41, 5.74) is 1.64. The molecule has 0 aliphatic carbocycles. The fraction of sp³-hybridized carbons (Fsp3) is 0.316. The van der Waals surface area contributed by atoms with Gasteiger partial charge in [-0.05, 0) is 37.1 Å². The highest BCUT2D eigenvalue weighted by Gasteiger charge is 2.24. The van der Waals surface area contributed by atoms with Crippen LogP contribution in [0.15, 0.2) is 48.5 Å². The molecule has 0 aliphatic rings. The summed E-state index contributed by atoms with van der Waals surface area (Å²) in [5.74, 6) is 0.364. The fourth-order valence-corrected chi connectivity index (χ4v) is 2.65. The van der Waals surface area contributed by atoms with E-state index in [-0.39, 0.29) is 23.6 Å². The number of hydrogen-bond donors (Lipinski definition) is 0. The SMILES string of the molecule is COc1ccc([C@@H](C)C(=O)N(C)[C@H](C)c2cccc([N+](=O)[O-])c2)cc1. The molecule has 0 N–H and O–H groups in total. The quantitative estimate of drug-likeness (QED) is 0.589. The summed E-state index contributed by atoms with van der Waals surface area (Å²) in [6, 6.07) is 13.5. The van der Waals surface area contributed by atoms with Crippen molar-refractivity contribution in [1.82, 2.24) is 4.90 Å². The second-order valence-electron chi connectivity index (χ2n) is 5.97. The molecule has 0 fully saturated rings. The lowest BCUT2D eigenvalue weighted by Crippen LogP contribution is -2.33. The van der Waals surface area contributed by atoms with Crippen LogP contribution in [0.5, 0.6) is 5.75 Å². The highest BCUT2D eigenvalue weighted by molar-refractivity contribution is 5.83. The van der Waals surface area contributed by atoms with E-state index in [1.54, 1.807) is 31.2 Å². The first-order chi connectivity index (χ1) is 11.8. The summed E-state index contributed by atoms with van der Waals surface area (Å²) in [4.78, 5) is 24.9. The highest BCUT2D eigenvalue weighted by Crippen LogP contribution is 2.27. The molecule has 6 heteroatoms. The van der Waals surface area contributed by atoms with Crippen molar-refractivity contribution in [2.75, 3.05) is 14.2 Å². The number of nitro groups is 1. The van der Waals surface area contributed by atoms with Crippen LogP contribution in [0, 0.1) is 10.1 Å². The van der Waals surface area contributed by atoms with Crippen LogP contribution in [0.2, 0.25) is 0 Å². The van der Waals surface area contributed by atoms with Crippen LogP contribution in [-0.4, -0.2) is 29.9 Å². The van der Waals surface area contributed by atoms with Gasteiger partial charge in [-0.15, -0.1) is 0 Å². The van der Waals surface area contributed by atoms with E-state index in [1.165, 1.54) is 12.1 Å². The summed E-state index contributed by atoms with van der Waals surface area (Å²) < 4.78 is 5.13. The summed E-state index contributed by atoms with van der Waals surface area (Å²) in [5, 5.41) is 10.9. The standard InChI is InChI=1S/C19H22N2O4/c1-13(15-8-10-18(25-4)11-9-15)19(22)20(3)14(2)16-6-5-7-17(12-16)21(23)24/h5-14H,1-4H3/t13-,14-/m1/s1.